The summed E-state index contributed by atoms with van der Waals surface area (Å²) in [6.45, 7) is 3.82. The maximum atomic E-state index is 15.0. The largest absolute Gasteiger partial charge is 0.357 e. The standard InChI is InChI=1S/C33H34FN9O2/c1-4-5-6-28-37-18-27(29(41-28)21-7-8-22-16-36-12-11-19(22)13-21)40-33(45)39-26-15-20(9-10-25(26)34)24-14-23-17-38-32(35-2)42-30(23)43(3)31(24)44/h7-10,13-15,17-18,36H,4-6,11-12,16H2,1-3H3,(H,35,38,42)(H2,39,40,45). The van der Waals surface area contributed by atoms with Crippen LogP contribution in [0.25, 0.3) is 33.4 Å². The molecular weight excluding hydrogens is 573 g/mol. The van der Waals surface area contributed by atoms with Crippen molar-refractivity contribution in [2.24, 2.45) is 7.05 Å². The molecule has 4 heterocycles. The van der Waals surface area contributed by atoms with Gasteiger partial charge in [0.25, 0.3) is 5.56 Å². The van der Waals surface area contributed by atoms with E-state index in [9.17, 15) is 14.0 Å². The molecule has 0 spiro atoms. The molecule has 45 heavy (non-hydrogen) atoms. The van der Waals surface area contributed by atoms with Crippen LogP contribution in [0.2, 0.25) is 0 Å². The zero-order valence-electron chi connectivity index (χ0n) is 25.4. The highest BCUT2D eigenvalue weighted by Gasteiger charge is 2.18. The van der Waals surface area contributed by atoms with Gasteiger partial charge in [-0.15, -0.1) is 0 Å². The second kappa shape index (κ2) is 12.8. The van der Waals surface area contributed by atoms with Gasteiger partial charge in [0.1, 0.15) is 17.3 Å². The number of aromatic nitrogens is 5. The summed E-state index contributed by atoms with van der Waals surface area (Å²) in [6.07, 6.45) is 6.79. The Bertz CT molecular complexity index is 1980. The average molecular weight is 608 g/mol. The summed E-state index contributed by atoms with van der Waals surface area (Å²) < 4.78 is 16.4. The SMILES string of the molecule is CCCCc1ncc(NC(=O)Nc2cc(-c3cc4cnc(NC)nc4n(C)c3=O)ccc2F)c(-c2ccc3c(c2)CCNC3)n1. The highest BCUT2D eigenvalue weighted by Crippen LogP contribution is 2.30. The lowest BCUT2D eigenvalue weighted by Crippen LogP contribution is -2.23. The fraction of sp³-hybridized carbons (Fsp3) is 0.273. The summed E-state index contributed by atoms with van der Waals surface area (Å²) >= 11 is 0. The third-order valence-electron chi connectivity index (χ3n) is 7.90. The molecule has 4 N–H and O–H groups in total. The molecule has 12 heteroatoms. The molecule has 0 bridgehead atoms. The number of carbonyl (C=O) groups excluding carboxylic acids is 1. The molecule has 0 radical (unpaired) electrons. The second-order valence-electron chi connectivity index (χ2n) is 11.0. The minimum absolute atomic E-state index is 0.0859. The van der Waals surface area contributed by atoms with Crippen LogP contribution in [0, 0.1) is 5.82 Å². The van der Waals surface area contributed by atoms with Crippen molar-refractivity contribution >= 4 is 34.4 Å². The van der Waals surface area contributed by atoms with Gasteiger partial charge in [0.05, 0.1) is 23.3 Å². The van der Waals surface area contributed by atoms with Gasteiger partial charge in [-0.05, 0) is 60.3 Å². The van der Waals surface area contributed by atoms with Gasteiger partial charge in [-0.3, -0.25) is 9.36 Å². The topological polar surface area (TPSA) is 139 Å². The number of urea groups is 1. The number of carbonyl (C=O) groups is 1. The zero-order chi connectivity index (χ0) is 31.5. The van der Waals surface area contributed by atoms with E-state index in [-0.39, 0.29) is 11.2 Å². The first kappa shape index (κ1) is 29.8. The number of anilines is 3. The number of aryl methyl sites for hydroxylation is 2. The Morgan fingerprint density at radius 2 is 1.82 bits per heavy atom. The molecule has 0 saturated heterocycles. The zero-order valence-corrected chi connectivity index (χ0v) is 25.4. The number of hydrogen-bond acceptors (Lipinski definition) is 8. The number of nitrogens with one attached hydrogen (secondary N) is 4. The van der Waals surface area contributed by atoms with Crippen molar-refractivity contribution in [3.05, 3.63) is 88.0 Å². The molecule has 6 rings (SSSR count). The Morgan fingerprint density at radius 1 is 1.00 bits per heavy atom. The molecule has 1 aliphatic rings. The number of amides is 2. The van der Waals surface area contributed by atoms with Crippen molar-refractivity contribution in [3.63, 3.8) is 0 Å². The van der Waals surface area contributed by atoms with Crippen LogP contribution in [-0.2, 0) is 26.4 Å². The molecule has 0 unspecified atom stereocenters. The number of fused-ring (bicyclic) bond motifs is 2. The number of benzene rings is 2. The van der Waals surface area contributed by atoms with Crippen molar-refractivity contribution in [2.45, 2.75) is 39.2 Å². The van der Waals surface area contributed by atoms with Crippen molar-refractivity contribution < 1.29 is 9.18 Å². The molecule has 0 aliphatic carbocycles. The molecular formula is C33H34FN9O2. The van der Waals surface area contributed by atoms with Gasteiger partial charge < -0.3 is 21.3 Å². The lowest BCUT2D eigenvalue weighted by molar-refractivity contribution is 0.262. The molecule has 230 valence electrons. The summed E-state index contributed by atoms with van der Waals surface area (Å²) in [5.41, 5.74) is 5.15. The molecule has 1 aliphatic heterocycles. The van der Waals surface area contributed by atoms with E-state index in [0.29, 0.717) is 45.3 Å². The minimum atomic E-state index is -0.668. The number of nitrogens with zero attached hydrogens (tertiary/aromatic N) is 5. The van der Waals surface area contributed by atoms with Crippen LogP contribution in [0.3, 0.4) is 0 Å². The summed E-state index contributed by atoms with van der Waals surface area (Å²) in [6, 6.07) is 11.3. The van der Waals surface area contributed by atoms with Crippen molar-refractivity contribution in [3.8, 4) is 22.4 Å². The number of unbranched alkanes of at least 4 members (excludes halogenated alkanes) is 1. The number of pyridine rings is 1. The van der Waals surface area contributed by atoms with Crippen LogP contribution in [0.1, 0.15) is 36.7 Å². The first-order valence-corrected chi connectivity index (χ1v) is 15.0. The van der Waals surface area contributed by atoms with Crippen LogP contribution in [0.15, 0.2) is 59.7 Å². The predicted octanol–water partition coefficient (Wildman–Crippen LogP) is 5.27. The summed E-state index contributed by atoms with van der Waals surface area (Å²) in [7, 11) is 3.31. The third kappa shape index (κ3) is 6.22. The smallest absolute Gasteiger partial charge is 0.323 e. The molecule has 11 nitrogen and oxygen atoms in total. The fourth-order valence-corrected chi connectivity index (χ4v) is 5.45. The van der Waals surface area contributed by atoms with E-state index in [1.54, 1.807) is 32.6 Å². The van der Waals surface area contributed by atoms with Crippen LogP contribution in [-0.4, -0.2) is 44.1 Å². The van der Waals surface area contributed by atoms with Gasteiger partial charge in [-0.25, -0.2) is 24.1 Å². The predicted molar refractivity (Wildman–Crippen MR) is 174 cm³/mol. The molecule has 2 amide bonds. The first-order chi connectivity index (χ1) is 21.8. The normalized spacial score (nSPS) is 12.5. The van der Waals surface area contributed by atoms with E-state index in [4.69, 9.17) is 4.98 Å². The van der Waals surface area contributed by atoms with Gasteiger partial charge in [0, 0.05) is 49.8 Å². The number of hydrogen-bond donors (Lipinski definition) is 4. The van der Waals surface area contributed by atoms with Crippen LogP contribution in [0.5, 0.6) is 0 Å². The monoisotopic (exact) mass is 607 g/mol. The van der Waals surface area contributed by atoms with Crippen LogP contribution in [0.4, 0.5) is 26.5 Å². The summed E-state index contributed by atoms with van der Waals surface area (Å²) in [5, 5.41) is 12.3. The van der Waals surface area contributed by atoms with Crippen LogP contribution < -0.4 is 26.8 Å². The van der Waals surface area contributed by atoms with Crippen LogP contribution >= 0.6 is 0 Å². The average Bonchev–Trinajstić information content (AvgIpc) is 3.06. The van der Waals surface area contributed by atoms with E-state index in [0.717, 1.165) is 44.3 Å². The Hall–Kier alpha value is -5.23. The number of halogens is 1. The van der Waals surface area contributed by atoms with Gasteiger partial charge in [-0.2, -0.15) is 4.98 Å². The van der Waals surface area contributed by atoms with Gasteiger partial charge in [0.2, 0.25) is 5.95 Å². The third-order valence-corrected chi connectivity index (χ3v) is 7.90. The van der Waals surface area contributed by atoms with Crippen molar-refractivity contribution in [2.75, 3.05) is 29.5 Å². The van der Waals surface area contributed by atoms with E-state index in [1.807, 2.05) is 6.07 Å². The molecule has 2 aromatic carbocycles. The minimum Gasteiger partial charge on any atom is -0.357 e. The Labute approximate surface area is 259 Å². The maximum Gasteiger partial charge on any atom is 0.323 e. The van der Waals surface area contributed by atoms with E-state index >= 15 is 0 Å². The maximum absolute atomic E-state index is 15.0. The van der Waals surface area contributed by atoms with E-state index < -0.39 is 11.8 Å². The lowest BCUT2D eigenvalue weighted by Gasteiger charge is -2.19. The number of rotatable bonds is 8. The second-order valence-corrected chi connectivity index (χ2v) is 11.0. The fourth-order valence-electron chi connectivity index (χ4n) is 5.45. The Morgan fingerprint density at radius 3 is 2.64 bits per heavy atom. The Kier molecular flexibility index (Phi) is 8.47. The van der Waals surface area contributed by atoms with Gasteiger partial charge in [-0.1, -0.05) is 31.5 Å². The van der Waals surface area contributed by atoms with Gasteiger partial charge in [0.15, 0.2) is 0 Å². The highest BCUT2D eigenvalue weighted by molar-refractivity contribution is 6.02. The molecule has 0 atom stereocenters. The highest BCUT2D eigenvalue weighted by atomic mass is 19.1. The van der Waals surface area contributed by atoms with Crippen molar-refractivity contribution in [1.29, 1.82) is 0 Å². The molecule has 3 aromatic heterocycles. The summed E-state index contributed by atoms with van der Waals surface area (Å²) in [5.74, 6) is 0.432. The molecule has 5 aromatic rings. The molecule has 0 fully saturated rings. The Balaban J connectivity index is 1.29. The van der Waals surface area contributed by atoms with Crippen molar-refractivity contribution in [1.82, 2.24) is 29.8 Å². The van der Waals surface area contributed by atoms with Gasteiger partial charge >= 0.3 is 6.03 Å². The van der Waals surface area contributed by atoms with E-state index in [2.05, 4.69) is 55.3 Å². The van der Waals surface area contributed by atoms with E-state index in [1.165, 1.54) is 33.9 Å². The lowest BCUT2D eigenvalue weighted by atomic mass is 9.97. The summed E-state index contributed by atoms with van der Waals surface area (Å²) in [4.78, 5) is 44.5. The quantitative estimate of drug-likeness (QED) is 0.187. The molecule has 0 saturated carbocycles. The first-order valence-electron chi connectivity index (χ1n) is 15.0.